The Morgan fingerprint density at radius 3 is 2.72 bits per heavy atom. The van der Waals surface area contributed by atoms with Crippen LogP contribution >= 0.6 is 15.9 Å². The summed E-state index contributed by atoms with van der Waals surface area (Å²) in [5, 5.41) is 3.47. The lowest BCUT2D eigenvalue weighted by atomic mass is 10.0. The van der Waals surface area contributed by atoms with Gasteiger partial charge in [-0.3, -0.25) is 0 Å². The maximum Gasteiger partial charge on any atom is 0.0426 e. The third-order valence-electron chi connectivity index (χ3n) is 2.89. The van der Waals surface area contributed by atoms with Gasteiger partial charge in [0.15, 0.2) is 0 Å². The van der Waals surface area contributed by atoms with Crippen molar-refractivity contribution in [1.29, 1.82) is 0 Å². The van der Waals surface area contributed by atoms with Crippen molar-refractivity contribution in [2.45, 2.75) is 26.8 Å². The Labute approximate surface area is 119 Å². The Kier molecular flexibility index (Phi) is 5.89. The third kappa shape index (κ3) is 4.14. The van der Waals surface area contributed by atoms with Crippen LogP contribution in [0.15, 0.2) is 34.8 Å². The molecule has 1 N–H and O–H groups in total. The van der Waals surface area contributed by atoms with Crippen molar-refractivity contribution in [2.24, 2.45) is 0 Å². The van der Waals surface area contributed by atoms with E-state index in [1.807, 2.05) is 0 Å². The topological polar surface area (TPSA) is 15.3 Å². The minimum absolute atomic E-state index is 0.352. The van der Waals surface area contributed by atoms with Gasteiger partial charge in [0.1, 0.15) is 0 Å². The highest BCUT2D eigenvalue weighted by Gasteiger charge is 2.13. The molecule has 0 aromatic heterocycles. The van der Waals surface area contributed by atoms with Crippen LogP contribution in [0.2, 0.25) is 0 Å². The number of hydrogen-bond donors (Lipinski definition) is 1. The summed E-state index contributed by atoms with van der Waals surface area (Å²) in [5.74, 6) is 0. The van der Waals surface area contributed by atoms with E-state index in [0.717, 1.165) is 17.6 Å². The highest BCUT2D eigenvalue weighted by molar-refractivity contribution is 9.10. The van der Waals surface area contributed by atoms with E-state index in [2.05, 4.69) is 78.7 Å². The first kappa shape index (κ1) is 15.3. The smallest absolute Gasteiger partial charge is 0.0426 e. The number of halogens is 1. The molecule has 3 heteroatoms. The number of nitrogens with zero attached hydrogens (tertiary/aromatic N) is 1. The maximum atomic E-state index is 3.98. The molecule has 0 spiro atoms. The summed E-state index contributed by atoms with van der Waals surface area (Å²) in [5.41, 5.74) is 3.74. The molecular formula is C15H23BrN2. The lowest BCUT2D eigenvalue weighted by Gasteiger charge is -2.26. The largest absolute Gasteiger partial charge is 0.370 e. The normalized spacial score (nSPS) is 12.3. The van der Waals surface area contributed by atoms with Gasteiger partial charge in [-0.25, -0.2) is 0 Å². The zero-order chi connectivity index (χ0) is 13.7. The van der Waals surface area contributed by atoms with Crippen molar-refractivity contribution < 1.29 is 0 Å². The zero-order valence-corrected chi connectivity index (χ0v) is 13.3. The number of rotatable bonds is 6. The molecule has 2 nitrogen and oxygen atoms in total. The molecule has 100 valence electrons. The quantitative estimate of drug-likeness (QED) is 0.795. The minimum Gasteiger partial charge on any atom is -0.370 e. The molecule has 1 aromatic carbocycles. The van der Waals surface area contributed by atoms with Gasteiger partial charge < -0.3 is 10.2 Å². The van der Waals surface area contributed by atoms with E-state index < -0.39 is 0 Å². The molecule has 0 bridgehead atoms. The van der Waals surface area contributed by atoms with Gasteiger partial charge >= 0.3 is 0 Å². The number of benzene rings is 1. The first-order chi connectivity index (χ1) is 8.45. The van der Waals surface area contributed by atoms with E-state index in [-0.39, 0.29) is 0 Å². The number of likely N-dealkylation sites (N-methyl/N-ethyl adjacent to an activating group) is 1. The van der Waals surface area contributed by atoms with E-state index in [9.17, 15) is 0 Å². The van der Waals surface area contributed by atoms with Crippen LogP contribution in [0, 0.1) is 0 Å². The molecule has 0 aliphatic carbocycles. The van der Waals surface area contributed by atoms with E-state index in [1.54, 1.807) is 0 Å². The fourth-order valence-electron chi connectivity index (χ4n) is 2.12. The van der Waals surface area contributed by atoms with Crippen LogP contribution in [0.3, 0.4) is 0 Å². The summed E-state index contributed by atoms with van der Waals surface area (Å²) in [4.78, 5) is 2.25. The molecule has 0 saturated carbocycles. The molecule has 0 saturated heterocycles. The van der Waals surface area contributed by atoms with Gasteiger partial charge in [0, 0.05) is 29.8 Å². The van der Waals surface area contributed by atoms with Crippen LogP contribution in [0.25, 0.3) is 0 Å². The molecule has 0 aliphatic rings. The summed E-state index contributed by atoms with van der Waals surface area (Å²) in [7, 11) is 2.11. The first-order valence-corrected chi connectivity index (χ1v) is 7.13. The molecule has 1 unspecified atom stereocenters. The molecular weight excluding hydrogens is 288 g/mol. The van der Waals surface area contributed by atoms with Gasteiger partial charge in [-0.05, 0) is 38.1 Å². The van der Waals surface area contributed by atoms with E-state index in [4.69, 9.17) is 0 Å². The lowest BCUT2D eigenvalue weighted by molar-refractivity contribution is 0.597. The Balaban J connectivity index is 3.06. The number of anilines is 1. The van der Waals surface area contributed by atoms with Crippen molar-refractivity contribution in [3.8, 4) is 0 Å². The van der Waals surface area contributed by atoms with Crippen LogP contribution < -0.4 is 10.2 Å². The maximum absolute atomic E-state index is 3.98. The molecule has 0 amide bonds. The second-order valence-electron chi connectivity index (χ2n) is 4.80. The summed E-state index contributed by atoms with van der Waals surface area (Å²) >= 11 is 3.55. The third-order valence-corrected chi connectivity index (χ3v) is 3.38. The molecule has 18 heavy (non-hydrogen) atoms. The predicted octanol–water partition coefficient (Wildman–Crippen LogP) is 4.13. The average Bonchev–Trinajstić information content (AvgIpc) is 2.28. The van der Waals surface area contributed by atoms with Crippen molar-refractivity contribution in [1.82, 2.24) is 5.32 Å². The predicted molar refractivity (Wildman–Crippen MR) is 84.3 cm³/mol. The summed E-state index contributed by atoms with van der Waals surface area (Å²) in [6.07, 6.45) is 0. The van der Waals surface area contributed by atoms with E-state index in [0.29, 0.717) is 6.04 Å². The Morgan fingerprint density at radius 1 is 1.50 bits per heavy atom. The SMILES string of the molecule is C=C(C)CN(C)c1cc(Br)ccc1C(C)NCC. The van der Waals surface area contributed by atoms with Crippen molar-refractivity contribution >= 4 is 21.6 Å². The monoisotopic (exact) mass is 310 g/mol. The average molecular weight is 311 g/mol. The number of hydrogen-bond acceptors (Lipinski definition) is 2. The van der Waals surface area contributed by atoms with E-state index >= 15 is 0 Å². The van der Waals surface area contributed by atoms with Crippen LogP contribution in [-0.4, -0.2) is 20.1 Å². The minimum atomic E-state index is 0.352. The summed E-state index contributed by atoms with van der Waals surface area (Å²) in [6, 6.07) is 6.81. The van der Waals surface area contributed by atoms with Gasteiger partial charge in [-0.15, -0.1) is 0 Å². The summed E-state index contributed by atoms with van der Waals surface area (Å²) in [6.45, 7) is 12.2. The fourth-order valence-corrected chi connectivity index (χ4v) is 2.47. The highest BCUT2D eigenvalue weighted by Crippen LogP contribution is 2.29. The molecule has 0 radical (unpaired) electrons. The highest BCUT2D eigenvalue weighted by atomic mass is 79.9. The standard InChI is InChI=1S/C15H23BrN2/c1-6-17-12(4)14-8-7-13(16)9-15(14)18(5)10-11(2)3/h7-9,12,17H,2,6,10H2,1,3-5H3. The Bertz CT molecular complexity index is 415. The van der Waals surface area contributed by atoms with Crippen LogP contribution in [0.1, 0.15) is 32.4 Å². The second kappa shape index (κ2) is 6.95. The van der Waals surface area contributed by atoms with Gasteiger partial charge in [-0.2, -0.15) is 0 Å². The summed E-state index contributed by atoms with van der Waals surface area (Å²) < 4.78 is 1.11. The fraction of sp³-hybridized carbons (Fsp3) is 0.467. The van der Waals surface area contributed by atoms with Crippen LogP contribution in [0.4, 0.5) is 5.69 Å². The van der Waals surface area contributed by atoms with Gasteiger partial charge in [0.2, 0.25) is 0 Å². The van der Waals surface area contributed by atoms with Crippen molar-refractivity contribution in [3.05, 3.63) is 40.4 Å². The van der Waals surface area contributed by atoms with E-state index in [1.165, 1.54) is 16.8 Å². The van der Waals surface area contributed by atoms with Crippen LogP contribution in [0.5, 0.6) is 0 Å². The van der Waals surface area contributed by atoms with Gasteiger partial charge in [-0.1, -0.05) is 41.1 Å². The van der Waals surface area contributed by atoms with Gasteiger partial charge in [0.25, 0.3) is 0 Å². The van der Waals surface area contributed by atoms with Crippen LogP contribution in [-0.2, 0) is 0 Å². The molecule has 1 aromatic rings. The van der Waals surface area contributed by atoms with Crippen molar-refractivity contribution in [2.75, 3.05) is 25.0 Å². The molecule has 0 fully saturated rings. The lowest BCUT2D eigenvalue weighted by Crippen LogP contribution is -2.24. The Morgan fingerprint density at radius 2 is 2.17 bits per heavy atom. The molecule has 0 heterocycles. The Hall–Kier alpha value is -0.800. The first-order valence-electron chi connectivity index (χ1n) is 6.34. The molecule has 1 atom stereocenters. The molecule has 1 rings (SSSR count). The second-order valence-corrected chi connectivity index (χ2v) is 5.71. The zero-order valence-electron chi connectivity index (χ0n) is 11.8. The molecule has 0 aliphatic heterocycles. The van der Waals surface area contributed by atoms with Gasteiger partial charge in [0.05, 0.1) is 0 Å². The van der Waals surface area contributed by atoms with Crippen molar-refractivity contribution in [3.63, 3.8) is 0 Å². The number of nitrogens with one attached hydrogen (secondary N) is 1.